The molecule has 0 radical (unpaired) electrons. The second-order valence-electron chi connectivity index (χ2n) is 4.76. The highest BCUT2D eigenvalue weighted by atomic mass is 19.1. The lowest BCUT2D eigenvalue weighted by Gasteiger charge is -2.21. The van der Waals surface area contributed by atoms with Gasteiger partial charge in [-0.3, -0.25) is 0 Å². The second-order valence-corrected chi connectivity index (χ2v) is 4.76. The van der Waals surface area contributed by atoms with Gasteiger partial charge in [0.15, 0.2) is 0 Å². The summed E-state index contributed by atoms with van der Waals surface area (Å²) in [6.07, 6.45) is -0.682. The predicted molar refractivity (Wildman–Crippen MR) is 64.1 cm³/mol. The molecule has 0 unspecified atom stereocenters. The zero-order valence-corrected chi connectivity index (χ0v) is 10.5. The monoisotopic (exact) mass is 250 g/mol. The number of hydrogen-bond donors (Lipinski definition) is 1. The van der Waals surface area contributed by atoms with E-state index in [1.54, 1.807) is 20.8 Å². The number of ether oxygens (including phenoxy) is 1. The van der Waals surface area contributed by atoms with Gasteiger partial charge in [0.2, 0.25) is 0 Å². The zero-order chi connectivity index (χ0) is 13.8. The maximum atomic E-state index is 12.7. The molecule has 96 valence electrons. The van der Waals surface area contributed by atoms with Crippen molar-refractivity contribution < 1.29 is 13.9 Å². The highest BCUT2D eigenvalue weighted by Crippen LogP contribution is 2.14. The summed E-state index contributed by atoms with van der Waals surface area (Å²) in [4.78, 5) is 11.5. The lowest BCUT2D eigenvalue weighted by Crippen LogP contribution is -2.34. The second kappa shape index (κ2) is 5.50. The normalized spacial score (nSPS) is 12.4. The SMILES string of the molecule is CC(C)(C)OC(=O)N[C@@H](C#N)c1ccc(F)cc1. The Hall–Kier alpha value is -2.09. The first-order chi connectivity index (χ1) is 8.31. The molecule has 18 heavy (non-hydrogen) atoms. The highest BCUT2D eigenvalue weighted by Gasteiger charge is 2.20. The first-order valence-electron chi connectivity index (χ1n) is 5.46. The Balaban J connectivity index is 2.72. The van der Waals surface area contributed by atoms with Crippen LogP contribution in [0.1, 0.15) is 32.4 Å². The minimum Gasteiger partial charge on any atom is -0.444 e. The van der Waals surface area contributed by atoms with E-state index in [1.165, 1.54) is 24.3 Å². The first-order valence-corrected chi connectivity index (χ1v) is 5.46. The van der Waals surface area contributed by atoms with E-state index in [9.17, 15) is 9.18 Å². The van der Waals surface area contributed by atoms with Crippen molar-refractivity contribution in [2.75, 3.05) is 0 Å². The molecule has 0 aliphatic rings. The van der Waals surface area contributed by atoms with Crippen LogP contribution in [0.3, 0.4) is 0 Å². The molecule has 1 aromatic carbocycles. The molecule has 1 N–H and O–H groups in total. The van der Waals surface area contributed by atoms with Crippen LogP contribution in [0.4, 0.5) is 9.18 Å². The van der Waals surface area contributed by atoms with Crippen LogP contribution in [-0.2, 0) is 4.74 Å². The van der Waals surface area contributed by atoms with Crippen molar-refractivity contribution in [3.05, 3.63) is 35.6 Å². The third-order valence-corrected chi connectivity index (χ3v) is 1.99. The number of nitrogens with one attached hydrogen (secondary N) is 1. The lowest BCUT2D eigenvalue weighted by atomic mass is 10.1. The van der Waals surface area contributed by atoms with Crippen molar-refractivity contribution in [3.8, 4) is 6.07 Å². The molecule has 0 fully saturated rings. The van der Waals surface area contributed by atoms with Gasteiger partial charge in [0.05, 0.1) is 6.07 Å². The predicted octanol–water partition coefficient (Wildman–Crippen LogP) is 2.92. The number of rotatable bonds is 2. The standard InChI is InChI=1S/C13H15FN2O2/c1-13(2,3)18-12(17)16-11(8-15)9-4-6-10(14)7-5-9/h4-7,11H,1-3H3,(H,16,17)/t11-/m0/s1. The van der Waals surface area contributed by atoms with Crippen LogP contribution in [0, 0.1) is 17.1 Å². The average molecular weight is 250 g/mol. The number of halogens is 1. The van der Waals surface area contributed by atoms with E-state index in [-0.39, 0.29) is 0 Å². The lowest BCUT2D eigenvalue weighted by molar-refractivity contribution is 0.0515. The molecule has 4 nitrogen and oxygen atoms in total. The quantitative estimate of drug-likeness (QED) is 0.877. The Morgan fingerprint density at radius 3 is 2.39 bits per heavy atom. The summed E-state index contributed by atoms with van der Waals surface area (Å²) in [6.45, 7) is 5.18. The smallest absolute Gasteiger partial charge is 0.408 e. The molecule has 0 spiro atoms. The largest absolute Gasteiger partial charge is 0.444 e. The van der Waals surface area contributed by atoms with E-state index < -0.39 is 23.6 Å². The van der Waals surface area contributed by atoms with Gasteiger partial charge in [0.1, 0.15) is 17.5 Å². The van der Waals surface area contributed by atoms with Crippen LogP contribution in [-0.4, -0.2) is 11.7 Å². The van der Waals surface area contributed by atoms with Crippen LogP contribution in [0.15, 0.2) is 24.3 Å². The molecule has 0 saturated heterocycles. The fourth-order valence-corrected chi connectivity index (χ4v) is 1.27. The molecule has 0 aliphatic heterocycles. The Bertz CT molecular complexity index is 457. The maximum Gasteiger partial charge on any atom is 0.408 e. The van der Waals surface area contributed by atoms with Gasteiger partial charge >= 0.3 is 6.09 Å². The summed E-state index contributed by atoms with van der Waals surface area (Å²) < 4.78 is 17.8. The van der Waals surface area contributed by atoms with Gasteiger partial charge in [-0.15, -0.1) is 0 Å². The molecule has 0 aliphatic carbocycles. The molecule has 5 heteroatoms. The number of hydrogen-bond acceptors (Lipinski definition) is 3. The van der Waals surface area contributed by atoms with Crippen LogP contribution >= 0.6 is 0 Å². The van der Waals surface area contributed by atoms with Crippen molar-refractivity contribution >= 4 is 6.09 Å². The topological polar surface area (TPSA) is 62.1 Å². The summed E-state index contributed by atoms with van der Waals surface area (Å²) in [5, 5.41) is 11.4. The van der Waals surface area contributed by atoms with E-state index in [4.69, 9.17) is 10.00 Å². The van der Waals surface area contributed by atoms with Crippen molar-refractivity contribution in [2.45, 2.75) is 32.4 Å². The van der Waals surface area contributed by atoms with Gasteiger partial charge in [0, 0.05) is 0 Å². The average Bonchev–Trinajstić information content (AvgIpc) is 2.25. The Morgan fingerprint density at radius 1 is 1.39 bits per heavy atom. The van der Waals surface area contributed by atoms with Gasteiger partial charge in [0.25, 0.3) is 0 Å². The molecule has 0 saturated carbocycles. The minimum atomic E-state index is -0.861. The summed E-state index contributed by atoms with van der Waals surface area (Å²) in [6, 6.07) is 6.41. The van der Waals surface area contributed by atoms with E-state index in [0.29, 0.717) is 5.56 Å². The minimum absolute atomic E-state index is 0.396. The van der Waals surface area contributed by atoms with Crippen LogP contribution < -0.4 is 5.32 Å². The molecule has 0 heterocycles. The number of carbonyl (C=O) groups excluding carboxylic acids is 1. The number of amides is 1. The van der Waals surface area contributed by atoms with E-state index in [1.807, 2.05) is 6.07 Å². The fourth-order valence-electron chi connectivity index (χ4n) is 1.27. The van der Waals surface area contributed by atoms with Gasteiger partial charge < -0.3 is 10.1 Å². The van der Waals surface area contributed by atoms with Crippen molar-refractivity contribution in [3.63, 3.8) is 0 Å². The van der Waals surface area contributed by atoms with Gasteiger partial charge in [-0.25, -0.2) is 9.18 Å². The summed E-state index contributed by atoms with van der Waals surface area (Å²) in [5.41, 5.74) is -0.128. The molecule has 1 atom stereocenters. The molecule has 1 rings (SSSR count). The highest BCUT2D eigenvalue weighted by molar-refractivity contribution is 5.69. The Labute approximate surface area is 105 Å². The zero-order valence-electron chi connectivity index (χ0n) is 10.5. The number of nitrogens with zero attached hydrogens (tertiary/aromatic N) is 1. The third kappa shape index (κ3) is 4.42. The number of benzene rings is 1. The van der Waals surface area contributed by atoms with E-state index in [2.05, 4.69) is 5.32 Å². The van der Waals surface area contributed by atoms with Crippen molar-refractivity contribution in [1.82, 2.24) is 5.32 Å². The van der Waals surface area contributed by atoms with E-state index >= 15 is 0 Å². The van der Waals surface area contributed by atoms with Crippen molar-refractivity contribution in [2.24, 2.45) is 0 Å². The maximum absolute atomic E-state index is 12.7. The van der Waals surface area contributed by atoms with Crippen molar-refractivity contribution in [1.29, 1.82) is 5.26 Å². The fraction of sp³-hybridized carbons (Fsp3) is 0.385. The first kappa shape index (κ1) is 14.0. The summed E-state index contributed by atoms with van der Waals surface area (Å²) in [5.74, 6) is -0.396. The molecule has 0 bridgehead atoms. The molecular formula is C13H15FN2O2. The summed E-state index contributed by atoms with van der Waals surface area (Å²) in [7, 11) is 0. The number of alkyl carbamates (subject to hydrolysis) is 1. The Kier molecular flexibility index (Phi) is 4.27. The van der Waals surface area contributed by atoms with Crippen LogP contribution in [0.25, 0.3) is 0 Å². The van der Waals surface area contributed by atoms with Crippen LogP contribution in [0.2, 0.25) is 0 Å². The molecule has 1 amide bonds. The van der Waals surface area contributed by atoms with Crippen LogP contribution in [0.5, 0.6) is 0 Å². The Morgan fingerprint density at radius 2 is 1.94 bits per heavy atom. The summed E-state index contributed by atoms with van der Waals surface area (Å²) >= 11 is 0. The van der Waals surface area contributed by atoms with Gasteiger partial charge in [-0.1, -0.05) is 12.1 Å². The number of carbonyl (C=O) groups is 1. The molecular weight excluding hydrogens is 235 g/mol. The number of nitriles is 1. The van der Waals surface area contributed by atoms with E-state index in [0.717, 1.165) is 0 Å². The van der Waals surface area contributed by atoms with Gasteiger partial charge in [-0.2, -0.15) is 5.26 Å². The molecule has 1 aromatic rings. The molecule has 0 aromatic heterocycles. The third-order valence-electron chi connectivity index (χ3n) is 1.99. The van der Waals surface area contributed by atoms with Gasteiger partial charge in [-0.05, 0) is 38.5 Å².